The van der Waals surface area contributed by atoms with E-state index in [4.69, 9.17) is 0 Å². The van der Waals surface area contributed by atoms with E-state index in [1.165, 1.54) is 6.07 Å². The van der Waals surface area contributed by atoms with Gasteiger partial charge in [-0.05, 0) is 36.3 Å². The maximum absolute atomic E-state index is 12.7. The van der Waals surface area contributed by atoms with Gasteiger partial charge in [-0.3, -0.25) is 0 Å². The topological polar surface area (TPSA) is 50.6 Å². The summed E-state index contributed by atoms with van der Waals surface area (Å²) >= 11 is 0. The second-order valence-corrected chi connectivity index (χ2v) is 7.42. The van der Waals surface area contributed by atoms with E-state index >= 15 is 0 Å². The van der Waals surface area contributed by atoms with E-state index in [0.29, 0.717) is 24.4 Å². The predicted molar refractivity (Wildman–Crippen MR) is 116 cm³/mol. The molecule has 1 fully saturated rings. The lowest BCUT2D eigenvalue weighted by Gasteiger charge is -2.15. The first-order valence-electron chi connectivity index (χ1n) is 10.2. The van der Waals surface area contributed by atoms with Crippen LogP contribution in [0.1, 0.15) is 23.9 Å². The van der Waals surface area contributed by atoms with Crippen LogP contribution in [0.3, 0.4) is 0 Å². The number of aryl methyl sites for hydroxylation is 1. The molecule has 0 aliphatic carbocycles. The average molecular weight is 426 g/mol. The number of imidazole rings is 1. The van der Waals surface area contributed by atoms with Crippen molar-refractivity contribution in [3.05, 3.63) is 59.4 Å². The second kappa shape index (κ2) is 8.75. The fourth-order valence-corrected chi connectivity index (χ4v) is 3.77. The van der Waals surface area contributed by atoms with Crippen molar-refractivity contribution in [3.8, 4) is 5.75 Å². The van der Waals surface area contributed by atoms with Crippen LogP contribution in [0.5, 0.6) is 5.75 Å². The maximum Gasteiger partial charge on any atom is 0.387 e. The first-order chi connectivity index (χ1) is 15.0. The summed E-state index contributed by atoms with van der Waals surface area (Å²) in [5.74, 6) is 0.735. The van der Waals surface area contributed by atoms with Gasteiger partial charge in [0.2, 0.25) is 0 Å². The molecule has 162 valence electrons. The minimum absolute atomic E-state index is 0.0534. The third-order valence-electron chi connectivity index (χ3n) is 5.38. The van der Waals surface area contributed by atoms with Crippen molar-refractivity contribution in [2.75, 3.05) is 20.1 Å². The lowest BCUT2D eigenvalue weighted by molar-refractivity contribution is -0.0489. The third kappa shape index (κ3) is 4.38. The Balaban J connectivity index is 1.53. The van der Waals surface area contributed by atoms with Gasteiger partial charge in [0.1, 0.15) is 11.3 Å². The van der Waals surface area contributed by atoms with Crippen molar-refractivity contribution in [1.82, 2.24) is 19.4 Å². The van der Waals surface area contributed by atoms with Gasteiger partial charge in [0.05, 0.1) is 5.52 Å². The fourth-order valence-electron chi connectivity index (χ4n) is 3.77. The number of ether oxygens (including phenoxy) is 1. The van der Waals surface area contributed by atoms with Crippen molar-refractivity contribution in [2.24, 2.45) is 0 Å². The van der Waals surface area contributed by atoms with Crippen LogP contribution in [0.4, 0.5) is 13.6 Å². The number of urea groups is 1. The van der Waals surface area contributed by atoms with Crippen molar-refractivity contribution in [3.63, 3.8) is 0 Å². The normalized spacial score (nSPS) is 14.5. The molecule has 2 amide bonds. The number of amides is 2. The Bertz CT molecular complexity index is 1110. The van der Waals surface area contributed by atoms with Crippen LogP contribution in [0.15, 0.2) is 42.5 Å². The summed E-state index contributed by atoms with van der Waals surface area (Å²) in [6.45, 7) is 1.80. The van der Waals surface area contributed by atoms with Gasteiger partial charge in [0.25, 0.3) is 0 Å². The number of nitrogens with zero attached hydrogens (tertiary/aromatic N) is 4. The predicted octanol–water partition coefficient (Wildman–Crippen LogP) is 4.70. The number of benzene rings is 2. The van der Waals surface area contributed by atoms with Gasteiger partial charge in [0, 0.05) is 33.2 Å². The number of alkyl halides is 2. The maximum atomic E-state index is 12.7. The molecule has 0 saturated carbocycles. The van der Waals surface area contributed by atoms with Gasteiger partial charge in [-0.25, -0.2) is 9.78 Å². The largest absolute Gasteiger partial charge is 0.432 e. The molecule has 3 aromatic rings. The minimum atomic E-state index is -2.90. The molecule has 8 heteroatoms. The highest BCUT2D eigenvalue weighted by molar-refractivity contribution is 5.85. The lowest BCUT2D eigenvalue weighted by atomic mass is 10.1. The standard InChI is InChI=1S/C23H24F2N4O2/c1-3-29-18-5-4-6-19(31-22(24)25)21(18)26-20(29)12-11-16-7-9-17(10-8-16)15-28-14-13-27(2)23(28)30/h4-12,22H,3,13-15H2,1-2H3/b12-11+. The number of carbonyl (C=O) groups excluding carboxylic acids is 1. The number of likely N-dealkylation sites (N-methyl/N-ethyl adjacent to an activating group) is 1. The molecule has 0 N–H and O–H groups in total. The summed E-state index contributed by atoms with van der Waals surface area (Å²) in [5.41, 5.74) is 3.21. The number of fused-ring (bicyclic) bond motifs is 1. The average Bonchev–Trinajstić information content (AvgIpc) is 3.28. The van der Waals surface area contributed by atoms with Crippen LogP contribution < -0.4 is 4.74 Å². The SMILES string of the molecule is CCn1c(/C=C/c2ccc(CN3CCN(C)C3=O)cc2)nc2c(OC(F)F)cccc21. The molecule has 0 spiro atoms. The highest BCUT2D eigenvalue weighted by Gasteiger charge is 2.24. The number of rotatable bonds is 7. The summed E-state index contributed by atoms with van der Waals surface area (Å²) in [6.07, 6.45) is 3.79. The smallest absolute Gasteiger partial charge is 0.387 e. The minimum Gasteiger partial charge on any atom is -0.432 e. The summed E-state index contributed by atoms with van der Waals surface area (Å²) in [7, 11) is 1.81. The Labute approximate surface area is 179 Å². The highest BCUT2D eigenvalue weighted by Crippen LogP contribution is 2.28. The number of halogens is 2. The molecule has 1 aromatic heterocycles. The molecule has 1 saturated heterocycles. The van der Waals surface area contributed by atoms with Crippen LogP contribution >= 0.6 is 0 Å². The molecule has 4 rings (SSSR count). The Morgan fingerprint density at radius 3 is 2.55 bits per heavy atom. The molecule has 2 heterocycles. The van der Waals surface area contributed by atoms with Crippen LogP contribution in [0.25, 0.3) is 23.2 Å². The van der Waals surface area contributed by atoms with Crippen LogP contribution in [-0.4, -0.2) is 52.1 Å². The Kier molecular flexibility index (Phi) is 5.88. The molecule has 0 radical (unpaired) electrons. The van der Waals surface area contributed by atoms with Gasteiger partial charge in [0.15, 0.2) is 5.75 Å². The summed E-state index contributed by atoms with van der Waals surface area (Å²) in [5, 5.41) is 0. The quantitative estimate of drug-likeness (QED) is 0.551. The fraction of sp³-hybridized carbons (Fsp3) is 0.304. The zero-order valence-corrected chi connectivity index (χ0v) is 17.5. The number of hydrogen-bond donors (Lipinski definition) is 0. The van der Waals surface area contributed by atoms with Gasteiger partial charge >= 0.3 is 12.6 Å². The Morgan fingerprint density at radius 1 is 1.13 bits per heavy atom. The van der Waals surface area contributed by atoms with E-state index in [1.54, 1.807) is 11.0 Å². The van der Waals surface area contributed by atoms with Crippen LogP contribution in [0.2, 0.25) is 0 Å². The van der Waals surface area contributed by atoms with E-state index in [-0.39, 0.29) is 11.8 Å². The number of aromatic nitrogens is 2. The van der Waals surface area contributed by atoms with E-state index < -0.39 is 6.61 Å². The summed E-state index contributed by atoms with van der Waals surface area (Å²) < 4.78 is 32.0. The number of carbonyl (C=O) groups is 1. The zero-order chi connectivity index (χ0) is 22.0. The van der Waals surface area contributed by atoms with Crippen LogP contribution in [0, 0.1) is 0 Å². The summed E-state index contributed by atoms with van der Waals surface area (Å²) in [4.78, 5) is 20.1. The Morgan fingerprint density at radius 2 is 1.90 bits per heavy atom. The van der Waals surface area contributed by atoms with E-state index in [2.05, 4.69) is 9.72 Å². The van der Waals surface area contributed by atoms with Crippen molar-refractivity contribution < 1.29 is 18.3 Å². The highest BCUT2D eigenvalue weighted by atomic mass is 19.3. The van der Waals surface area contributed by atoms with E-state index in [1.807, 2.05) is 65.9 Å². The van der Waals surface area contributed by atoms with Crippen molar-refractivity contribution >= 4 is 29.2 Å². The zero-order valence-electron chi connectivity index (χ0n) is 17.5. The molecular formula is C23H24F2N4O2. The molecule has 1 aliphatic rings. The monoisotopic (exact) mass is 426 g/mol. The first kappa shape index (κ1) is 20.8. The molecule has 1 aliphatic heterocycles. The number of para-hydroxylation sites is 1. The van der Waals surface area contributed by atoms with Gasteiger partial charge < -0.3 is 19.1 Å². The first-order valence-corrected chi connectivity index (χ1v) is 10.2. The molecule has 31 heavy (non-hydrogen) atoms. The second-order valence-electron chi connectivity index (χ2n) is 7.42. The molecule has 0 bridgehead atoms. The van der Waals surface area contributed by atoms with Gasteiger partial charge in [-0.2, -0.15) is 8.78 Å². The number of hydrogen-bond acceptors (Lipinski definition) is 3. The van der Waals surface area contributed by atoms with Crippen molar-refractivity contribution in [1.29, 1.82) is 0 Å². The summed E-state index contributed by atoms with van der Waals surface area (Å²) in [6, 6.07) is 13.1. The molecule has 6 nitrogen and oxygen atoms in total. The van der Waals surface area contributed by atoms with Crippen molar-refractivity contribution in [2.45, 2.75) is 26.6 Å². The third-order valence-corrected chi connectivity index (χ3v) is 5.38. The van der Waals surface area contributed by atoms with E-state index in [0.717, 1.165) is 29.7 Å². The lowest BCUT2D eigenvalue weighted by Crippen LogP contribution is -2.28. The van der Waals surface area contributed by atoms with Gasteiger partial charge in [-0.1, -0.05) is 36.4 Å². The van der Waals surface area contributed by atoms with Gasteiger partial charge in [-0.15, -0.1) is 0 Å². The molecule has 2 aromatic carbocycles. The van der Waals surface area contributed by atoms with Crippen LogP contribution in [-0.2, 0) is 13.1 Å². The molecule has 0 unspecified atom stereocenters. The molecule has 0 atom stereocenters. The van der Waals surface area contributed by atoms with E-state index in [9.17, 15) is 13.6 Å². The Hall–Kier alpha value is -3.42. The molecular weight excluding hydrogens is 402 g/mol.